The van der Waals surface area contributed by atoms with Crippen molar-refractivity contribution in [2.24, 2.45) is 5.10 Å². The van der Waals surface area contributed by atoms with Crippen LogP contribution in [0.1, 0.15) is 5.76 Å². The number of hydrogen-bond donors (Lipinski definition) is 2. The molecule has 0 aliphatic heterocycles. The summed E-state index contributed by atoms with van der Waals surface area (Å²) in [6, 6.07) is 14.9. The van der Waals surface area contributed by atoms with Gasteiger partial charge in [0.2, 0.25) is 0 Å². The Labute approximate surface area is 177 Å². The van der Waals surface area contributed by atoms with E-state index >= 15 is 0 Å². The lowest BCUT2D eigenvalue weighted by Gasteiger charge is -2.11. The highest BCUT2D eigenvalue weighted by Gasteiger charge is 2.08. The van der Waals surface area contributed by atoms with Gasteiger partial charge in [-0.25, -0.2) is 0 Å². The van der Waals surface area contributed by atoms with E-state index in [4.69, 9.17) is 26.1 Å². The molecule has 2 N–H and O–H groups in total. The molecule has 3 aromatic rings. The minimum atomic E-state index is -0.450. The maximum atomic E-state index is 10.7. The molecule has 1 heterocycles. The van der Waals surface area contributed by atoms with Crippen molar-refractivity contribution in [2.75, 3.05) is 19.5 Å². The lowest BCUT2D eigenvalue weighted by atomic mass is 10.1. The molecule has 0 radical (unpaired) electrons. The minimum absolute atomic E-state index is 0.0202. The van der Waals surface area contributed by atoms with Gasteiger partial charge in [0, 0.05) is 29.4 Å². The number of thiocarbonyl (C=S) groups is 1. The van der Waals surface area contributed by atoms with E-state index in [0.29, 0.717) is 28.7 Å². The molecule has 0 unspecified atom stereocenters. The van der Waals surface area contributed by atoms with Crippen LogP contribution >= 0.6 is 12.2 Å². The fourth-order valence-electron chi connectivity index (χ4n) is 2.55. The van der Waals surface area contributed by atoms with Gasteiger partial charge < -0.3 is 19.2 Å². The second kappa shape index (κ2) is 9.52. The molecule has 0 spiro atoms. The summed E-state index contributed by atoms with van der Waals surface area (Å²) >= 11 is 5.21. The second-order valence-electron chi connectivity index (χ2n) is 5.90. The van der Waals surface area contributed by atoms with Crippen LogP contribution in [0.5, 0.6) is 11.5 Å². The number of nitrogens with one attached hydrogen (secondary N) is 2. The van der Waals surface area contributed by atoms with Gasteiger partial charge in [0.25, 0.3) is 5.69 Å². The van der Waals surface area contributed by atoms with E-state index in [9.17, 15) is 10.1 Å². The standard InChI is InChI=1S/C20H18N4O5S/c1-27-18-9-5-14(11-19(18)28-2)22-20(30)23-21-12-16-8-10-17(29-16)13-3-6-15(7-4-13)24(25)26/h3-12H,1-2H3,(H2,22,23,30). The maximum Gasteiger partial charge on any atom is 0.269 e. The van der Waals surface area contributed by atoms with E-state index in [1.807, 2.05) is 0 Å². The first-order chi connectivity index (χ1) is 14.5. The van der Waals surface area contributed by atoms with Crippen molar-refractivity contribution in [1.82, 2.24) is 5.43 Å². The molecule has 154 valence electrons. The smallest absolute Gasteiger partial charge is 0.269 e. The number of benzene rings is 2. The minimum Gasteiger partial charge on any atom is -0.493 e. The predicted molar refractivity (Wildman–Crippen MR) is 117 cm³/mol. The van der Waals surface area contributed by atoms with Crippen molar-refractivity contribution in [3.63, 3.8) is 0 Å². The third-order valence-corrected chi connectivity index (χ3v) is 4.18. The molecule has 0 amide bonds. The summed E-state index contributed by atoms with van der Waals surface area (Å²) in [4.78, 5) is 10.3. The van der Waals surface area contributed by atoms with E-state index in [2.05, 4.69) is 15.8 Å². The zero-order valence-electron chi connectivity index (χ0n) is 16.1. The fourth-order valence-corrected chi connectivity index (χ4v) is 2.72. The first-order valence-electron chi connectivity index (χ1n) is 8.67. The van der Waals surface area contributed by atoms with Crippen LogP contribution < -0.4 is 20.2 Å². The number of ether oxygens (including phenoxy) is 2. The Morgan fingerprint density at radius 3 is 2.50 bits per heavy atom. The van der Waals surface area contributed by atoms with Crippen LogP contribution in [0, 0.1) is 10.1 Å². The van der Waals surface area contributed by atoms with Gasteiger partial charge >= 0.3 is 0 Å². The van der Waals surface area contributed by atoms with E-state index in [1.54, 1.807) is 56.7 Å². The number of nitro groups is 1. The second-order valence-corrected chi connectivity index (χ2v) is 6.31. The third kappa shape index (κ3) is 5.11. The van der Waals surface area contributed by atoms with Crippen molar-refractivity contribution >= 4 is 34.9 Å². The number of anilines is 1. The Morgan fingerprint density at radius 2 is 1.83 bits per heavy atom. The fraction of sp³-hybridized carbons (Fsp3) is 0.100. The highest BCUT2D eigenvalue weighted by Crippen LogP contribution is 2.29. The molecule has 9 nitrogen and oxygen atoms in total. The van der Waals surface area contributed by atoms with Gasteiger partial charge in [0.1, 0.15) is 11.5 Å². The van der Waals surface area contributed by atoms with Gasteiger partial charge in [-0.05, 0) is 48.6 Å². The Morgan fingerprint density at radius 1 is 1.10 bits per heavy atom. The Balaban J connectivity index is 1.58. The molecule has 0 bridgehead atoms. The van der Waals surface area contributed by atoms with E-state index in [1.165, 1.54) is 18.3 Å². The molecule has 10 heteroatoms. The quantitative estimate of drug-likeness (QED) is 0.250. The van der Waals surface area contributed by atoms with Gasteiger partial charge in [-0.1, -0.05) is 0 Å². The molecule has 1 aromatic heterocycles. The SMILES string of the molecule is COc1ccc(NC(=S)NN=Cc2ccc(-c3ccc([N+](=O)[O-])cc3)o2)cc1OC. The Bertz CT molecular complexity index is 1080. The number of nitro benzene ring substituents is 1. The summed E-state index contributed by atoms with van der Waals surface area (Å²) in [6.07, 6.45) is 1.47. The number of hydrazone groups is 1. The lowest BCUT2D eigenvalue weighted by molar-refractivity contribution is -0.384. The first-order valence-corrected chi connectivity index (χ1v) is 9.07. The molecule has 3 rings (SSSR count). The van der Waals surface area contributed by atoms with Gasteiger partial charge in [-0.15, -0.1) is 0 Å². The van der Waals surface area contributed by atoms with E-state index in [-0.39, 0.29) is 10.8 Å². The van der Waals surface area contributed by atoms with Crippen LogP contribution in [0.2, 0.25) is 0 Å². The van der Waals surface area contributed by atoms with Gasteiger partial charge in [0.15, 0.2) is 16.6 Å². The zero-order chi connectivity index (χ0) is 21.5. The van der Waals surface area contributed by atoms with Gasteiger partial charge in [0.05, 0.1) is 25.4 Å². The van der Waals surface area contributed by atoms with Crippen molar-refractivity contribution < 1.29 is 18.8 Å². The van der Waals surface area contributed by atoms with Crippen LogP contribution in [0.25, 0.3) is 11.3 Å². The molecular weight excluding hydrogens is 408 g/mol. The Kier molecular flexibility index (Phi) is 6.60. The summed E-state index contributed by atoms with van der Waals surface area (Å²) in [6.45, 7) is 0. The highest BCUT2D eigenvalue weighted by molar-refractivity contribution is 7.80. The first kappa shape index (κ1) is 20.8. The summed E-state index contributed by atoms with van der Waals surface area (Å²) in [5, 5.41) is 18.0. The van der Waals surface area contributed by atoms with Crippen LogP contribution in [0.3, 0.4) is 0 Å². The van der Waals surface area contributed by atoms with Crippen molar-refractivity contribution in [3.05, 3.63) is 70.5 Å². The van der Waals surface area contributed by atoms with E-state index < -0.39 is 4.92 Å². The monoisotopic (exact) mass is 426 g/mol. The topological polar surface area (TPSA) is 111 Å². The average Bonchev–Trinajstić information content (AvgIpc) is 3.22. The van der Waals surface area contributed by atoms with Crippen molar-refractivity contribution in [3.8, 4) is 22.8 Å². The average molecular weight is 426 g/mol. The number of rotatable bonds is 7. The van der Waals surface area contributed by atoms with Crippen LogP contribution in [0.15, 0.2) is 64.1 Å². The molecule has 2 aromatic carbocycles. The number of non-ortho nitro benzene ring substituents is 1. The summed E-state index contributed by atoms with van der Waals surface area (Å²) in [7, 11) is 3.12. The number of hydrogen-bond acceptors (Lipinski definition) is 7. The predicted octanol–water partition coefficient (Wildman–Crippen LogP) is 4.19. The molecule has 30 heavy (non-hydrogen) atoms. The number of nitrogens with zero attached hydrogens (tertiary/aromatic N) is 2. The highest BCUT2D eigenvalue weighted by atomic mass is 32.1. The molecule has 0 atom stereocenters. The number of methoxy groups -OCH3 is 2. The molecular formula is C20H18N4O5S. The normalized spacial score (nSPS) is 10.6. The third-order valence-electron chi connectivity index (χ3n) is 3.99. The largest absolute Gasteiger partial charge is 0.493 e. The molecule has 0 fully saturated rings. The zero-order valence-corrected chi connectivity index (χ0v) is 16.9. The van der Waals surface area contributed by atoms with Gasteiger partial charge in [-0.3, -0.25) is 15.5 Å². The van der Waals surface area contributed by atoms with Gasteiger partial charge in [-0.2, -0.15) is 5.10 Å². The molecule has 0 saturated heterocycles. The number of furan rings is 1. The summed E-state index contributed by atoms with van der Waals surface area (Å²) < 4.78 is 16.1. The van der Waals surface area contributed by atoms with Crippen LogP contribution in [-0.2, 0) is 0 Å². The Hall–Kier alpha value is -3.92. The molecule has 0 aliphatic rings. The van der Waals surface area contributed by atoms with Crippen molar-refractivity contribution in [2.45, 2.75) is 0 Å². The lowest BCUT2D eigenvalue weighted by Crippen LogP contribution is -2.23. The molecule has 0 saturated carbocycles. The van der Waals surface area contributed by atoms with E-state index in [0.717, 1.165) is 5.56 Å². The van der Waals surface area contributed by atoms with Crippen LogP contribution in [0.4, 0.5) is 11.4 Å². The summed E-state index contributed by atoms with van der Waals surface area (Å²) in [5.41, 5.74) is 4.15. The summed E-state index contributed by atoms with van der Waals surface area (Å²) in [5.74, 6) is 2.24. The maximum absolute atomic E-state index is 10.7. The van der Waals surface area contributed by atoms with Crippen LogP contribution in [-0.4, -0.2) is 30.5 Å². The van der Waals surface area contributed by atoms with Crippen molar-refractivity contribution in [1.29, 1.82) is 0 Å². The molecule has 0 aliphatic carbocycles.